The Morgan fingerprint density at radius 2 is 2.00 bits per heavy atom. The highest BCUT2D eigenvalue weighted by molar-refractivity contribution is 14.1. The lowest BCUT2D eigenvalue weighted by Gasteiger charge is -2.30. The van der Waals surface area contributed by atoms with E-state index in [0.29, 0.717) is 5.56 Å². The number of phenolic OH excluding ortho intramolecular Hbond substituents is 1. The summed E-state index contributed by atoms with van der Waals surface area (Å²) in [5, 5.41) is 19.0. The fraction of sp³-hybridized carbons (Fsp3) is 0.500. The Morgan fingerprint density at radius 1 is 1.37 bits per heavy atom. The van der Waals surface area contributed by atoms with Crippen molar-refractivity contribution in [1.29, 1.82) is 0 Å². The van der Waals surface area contributed by atoms with E-state index in [0.717, 1.165) is 16.4 Å². The summed E-state index contributed by atoms with van der Waals surface area (Å²) < 4.78 is 0.896. The van der Waals surface area contributed by atoms with E-state index in [4.69, 9.17) is 5.11 Å². The number of hydrogen-bond acceptors (Lipinski definition) is 3. The van der Waals surface area contributed by atoms with Crippen molar-refractivity contribution < 1.29 is 15.0 Å². The first-order valence-electron chi connectivity index (χ1n) is 6.45. The average Bonchev–Trinajstić information content (AvgIpc) is 2.41. The Morgan fingerprint density at radius 3 is 2.53 bits per heavy atom. The second-order valence-electron chi connectivity index (χ2n) is 4.35. The van der Waals surface area contributed by atoms with Crippen molar-refractivity contribution in [3.05, 3.63) is 27.3 Å². The molecular weight excluding hydrogens is 357 g/mol. The number of hydrogen-bond donors (Lipinski definition) is 2. The van der Waals surface area contributed by atoms with Crippen LogP contribution in [0.25, 0.3) is 0 Å². The summed E-state index contributed by atoms with van der Waals surface area (Å²) in [5.41, 5.74) is 0.298. The molecule has 2 N–H and O–H groups in total. The highest BCUT2D eigenvalue weighted by atomic mass is 127. The monoisotopic (exact) mass is 377 g/mol. The van der Waals surface area contributed by atoms with Gasteiger partial charge < -0.3 is 15.1 Å². The van der Waals surface area contributed by atoms with Crippen LogP contribution in [0.5, 0.6) is 5.75 Å². The third-order valence-electron chi connectivity index (χ3n) is 3.17. The zero-order chi connectivity index (χ0) is 14.4. The fourth-order valence-electron chi connectivity index (χ4n) is 2.12. The normalized spacial score (nSPS) is 10.8. The van der Waals surface area contributed by atoms with Crippen molar-refractivity contribution in [3.8, 4) is 5.75 Å². The Hall–Kier alpha value is -0.820. The van der Waals surface area contributed by atoms with Crippen LogP contribution in [-0.2, 0) is 0 Å². The van der Waals surface area contributed by atoms with Crippen molar-refractivity contribution in [3.63, 3.8) is 0 Å². The van der Waals surface area contributed by atoms with E-state index in [9.17, 15) is 9.90 Å². The minimum Gasteiger partial charge on any atom is -0.507 e. The largest absolute Gasteiger partial charge is 0.507 e. The molecule has 1 rings (SSSR count). The van der Waals surface area contributed by atoms with E-state index in [1.165, 1.54) is 6.07 Å². The molecule has 0 spiro atoms. The van der Waals surface area contributed by atoms with Gasteiger partial charge in [-0.3, -0.25) is 4.79 Å². The molecule has 0 aliphatic carbocycles. The molecule has 0 aliphatic heterocycles. The van der Waals surface area contributed by atoms with Crippen molar-refractivity contribution in [2.45, 2.75) is 32.7 Å². The Balaban J connectivity index is 3.08. The fourth-order valence-corrected chi connectivity index (χ4v) is 2.61. The van der Waals surface area contributed by atoms with Crippen molar-refractivity contribution >= 4 is 28.5 Å². The van der Waals surface area contributed by atoms with Crippen LogP contribution in [0.1, 0.15) is 37.0 Å². The van der Waals surface area contributed by atoms with Crippen molar-refractivity contribution in [2.75, 3.05) is 13.2 Å². The van der Waals surface area contributed by atoms with Gasteiger partial charge in [-0.1, -0.05) is 13.8 Å². The topological polar surface area (TPSA) is 60.8 Å². The van der Waals surface area contributed by atoms with Crippen LogP contribution >= 0.6 is 22.6 Å². The number of carbonyl (C=O) groups is 1. The van der Waals surface area contributed by atoms with Crippen molar-refractivity contribution in [1.82, 2.24) is 4.90 Å². The molecule has 0 saturated heterocycles. The predicted octanol–water partition coefficient (Wildman–Crippen LogP) is 2.62. The highest BCUT2D eigenvalue weighted by Gasteiger charge is 2.24. The molecule has 0 fully saturated rings. The lowest BCUT2D eigenvalue weighted by Crippen LogP contribution is -2.41. The third kappa shape index (κ3) is 4.07. The van der Waals surface area contributed by atoms with E-state index >= 15 is 0 Å². The van der Waals surface area contributed by atoms with Gasteiger partial charge in [0, 0.05) is 16.2 Å². The van der Waals surface area contributed by atoms with Crippen LogP contribution in [0.2, 0.25) is 0 Å². The molecule has 0 radical (unpaired) electrons. The minimum absolute atomic E-state index is 0.0145. The molecular formula is C14H20INO3. The number of nitrogens with zero attached hydrogens (tertiary/aromatic N) is 1. The maximum Gasteiger partial charge on any atom is 0.257 e. The quantitative estimate of drug-likeness (QED) is 0.750. The van der Waals surface area contributed by atoms with E-state index in [1.54, 1.807) is 17.0 Å². The second-order valence-corrected chi connectivity index (χ2v) is 5.60. The van der Waals surface area contributed by atoms with Gasteiger partial charge in [0.25, 0.3) is 5.91 Å². The molecule has 1 amide bonds. The molecule has 0 saturated carbocycles. The Kier molecular flexibility index (Phi) is 6.57. The van der Waals surface area contributed by atoms with Gasteiger partial charge in [-0.15, -0.1) is 0 Å². The van der Waals surface area contributed by atoms with Gasteiger partial charge in [0.1, 0.15) is 5.75 Å². The third-order valence-corrected chi connectivity index (χ3v) is 3.85. The van der Waals surface area contributed by atoms with E-state index in [-0.39, 0.29) is 30.9 Å². The summed E-state index contributed by atoms with van der Waals surface area (Å²) in [6.07, 6.45) is 1.65. The van der Waals surface area contributed by atoms with Crippen molar-refractivity contribution in [2.24, 2.45) is 0 Å². The maximum atomic E-state index is 12.5. The van der Waals surface area contributed by atoms with Crippen LogP contribution in [0, 0.1) is 3.57 Å². The lowest BCUT2D eigenvalue weighted by atomic mass is 10.1. The highest BCUT2D eigenvalue weighted by Crippen LogP contribution is 2.23. The van der Waals surface area contributed by atoms with E-state index in [2.05, 4.69) is 22.6 Å². The van der Waals surface area contributed by atoms with E-state index in [1.807, 2.05) is 13.8 Å². The number of halogens is 1. The first kappa shape index (κ1) is 16.2. The summed E-state index contributed by atoms with van der Waals surface area (Å²) in [5.74, 6) is -0.238. The summed E-state index contributed by atoms with van der Waals surface area (Å²) in [6.45, 7) is 4.24. The van der Waals surface area contributed by atoms with Gasteiger partial charge in [0.15, 0.2) is 0 Å². The van der Waals surface area contributed by atoms with Gasteiger partial charge in [-0.2, -0.15) is 0 Å². The van der Waals surface area contributed by atoms with Gasteiger partial charge in [-0.25, -0.2) is 0 Å². The molecule has 106 valence electrons. The smallest absolute Gasteiger partial charge is 0.257 e. The Labute approximate surface area is 127 Å². The van der Waals surface area contributed by atoms with Crippen LogP contribution < -0.4 is 0 Å². The number of rotatable bonds is 6. The molecule has 5 heteroatoms. The van der Waals surface area contributed by atoms with Crippen LogP contribution in [0.15, 0.2) is 18.2 Å². The second kappa shape index (κ2) is 7.69. The van der Waals surface area contributed by atoms with Gasteiger partial charge in [0.2, 0.25) is 0 Å². The average molecular weight is 377 g/mol. The zero-order valence-corrected chi connectivity index (χ0v) is 13.4. The number of amides is 1. The molecule has 1 aromatic rings. The molecule has 0 bridgehead atoms. The number of carbonyl (C=O) groups excluding carboxylic acids is 1. The molecule has 0 unspecified atom stereocenters. The standard InChI is InChI=1S/C14H20INO3/c1-3-11(4-2)16(7-8-17)14(19)12-9-10(15)5-6-13(12)18/h5-6,9,11,17-18H,3-4,7-8H2,1-2H3. The number of benzene rings is 1. The van der Waals surface area contributed by atoms with Crippen LogP contribution in [0.3, 0.4) is 0 Å². The number of aromatic hydroxyl groups is 1. The Bertz CT molecular complexity index is 433. The summed E-state index contributed by atoms with van der Waals surface area (Å²) >= 11 is 2.10. The van der Waals surface area contributed by atoms with Gasteiger partial charge >= 0.3 is 0 Å². The molecule has 4 nitrogen and oxygen atoms in total. The van der Waals surface area contributed by atoms with Crippen LogP contribution in [-0.4, -0.2) is 40.2 Å². The molecule has 0 atom stereocenters. The minimum atomic E-state index is -0.223. The molecule has 0 aliphatic rings. The number of phenols is 1. The van der Waals surface area contributed by atoms with Gasteiger partial charge in [-0.05, 0) is 53.6 Å². The molecule has 19 heavy (non-hydrogen) atoms. The zero-order valence-electron chi connectivity index (χ0n) is 11.3. The molecule has 0 heterocycles. The number of aliphatic hydroxyl groups is 1. The SMILES string of the molecule is CCC(CC)N(CCO)C(=O)c1cc(I)ccc1O. The first-order chi connectivity index (χ1) is 9.04. The summed E-state index contributed by atoms with van der Waals surface area (Å²) in [4.78, 5) is 14.2. The van der Waals surface area contributed by atoms with Gasteiger partial charge in [0.05, 0.1) is 12.2 Å². The van der Waals surface area contributed by atoms with Crippen LogP contribution in [0.4, 0.5) is 0 Å². The summed E-state index contributed by atoms with van der Waals surface area (Å²) in [6, 6.07) is 5.03. The molecule has 1 aromatic carbocycles. The lowest BCUT2D eigenvalue weighted by molar-refractivity contribution is 0.0619. The number of aliphatic hydroxyl groups excluding tert-OH is 1. The maximum absolute atomic E-state index is 12.5. The first-order valence-corrected chi connectivity index (χ1v) is 7.53. The molecule has 0 aromatic heterocycles. The predicted molar refractivity (Wildman–Crippen MR) is 83.3 cm³/mol. The van der Waals surface area contributed by atoms with E-state index < -0.39 is 0 Å². The summed E-state index contributed by atoms with van der Waals surface area (Å²) in [7, 11) is 0.